The molecule has 0 spiro atoms. The zero-order chi connectivity index (χ0) is 7.98. The topological polar surface area (TPSA) is 0 Å². The lowest BCUT2D eigenvalue weighted by Gasteiger charge is -2.07. The van der Waals surface area contributed by atoms with Gasteiger partial charge in [-0.15, -0.1) is 9.24 Å². The Labute approximate surface area is 65.9 Å². The normalized spacial score (nSPS) is 14.4. The van der Waals surface area contributed by atoms with Crippen LogP contribution in [0.3, 0.4) is 0 Å². The first kappa shape index (κ1) is 9.65. The standard InChI is InChI=1S/C9H15P/c1-4-6-9(5-2)8(3)7-10/h4-6,8H,1-2,7,10H2,3H3/b9-6+. The highest BCUT2D eigenvalue weighted by molar-refractivity contribution is 7.16. The summed E-state index contributed by atoms with van der Waals surface area (Å²) in [6.07, 6.45) is 6.76. The molecule has 0 fully saturated rings. The van der Waals surface area contributed by atoms with Gasteiger partial charge < -0.3 is 0 Å². The van der Waals surface area contributed by atoms with E-state index in [0.29, 0.717) is 5.92 Å². The second-order valence-electron chi connectivity index (χ2n) is 2.24. The third-order valence-electron chi connectivity index (χ3n) is 1.47. The molecule has 0 bridgehead atoms. The van der Waals surface area contributed by atoms with Crippen LogP contribution in [0.25, 0.3) is 0 Å². The van der Waals surface area contributed by atoms with E-state index >= 15 is 0 Å². The van der Waals surface area contributed by atoms with Crippen LogP contribution >= 0.6 is 9.24 Å². The van der Waals surface area contributed by atoms with Gasteiger partial charge in [0.25, 0.3) is 0 Å². The van der Waals surface area contributed by atoms with Crippen LogP contribution < -0.4 is 0 Å². The first-order chi connectivity index (χ1) is 4.76. The van der Waals surface area contributed by atoms with Crippen LogP contribution in [0.4, 0.5) is 0 Å². The van der Waals surface area contributed by atoms with Gasteiger partial charge in [0.15, 0.2) is 0 Å². The van der Waals surface area contributed by atoms with Gasteiger partial charge in [-0.25, -0.2) is 0 Å². The average Bonchev–Trinajstić information content (AvgIpc) is 1.99. The summed E-state index contributed by atoms with van der Waals surface area (Å²) in [6, 6.07) is 0. The van der Waals surface area contributed by atoms with E-state index < -0.39 is 0 Å². The second-order valence-corrected chi connectivity index (χ2v) is 2.71. The largest absolute Gasteiger partial charge is 0.137 e. The van der Waals surface area contributed by atoms with Crippen LogP contribution in [0.2, 0.25) is 0 Å². The quantitative estimate of drug-likeness (QED) is 0.431. The number of allylic oxidation sites excluding steroid dienone is 4. The van der Waals surface area contributed by atoms with Crippen molar-refractivity contribution in [2.24, 2.45) is 5.92 Å². The number of hydrogen-bond acceptors (Lipinski definition) is 0. The third kappa shape index (κ3) is 2.98. The van der Waals surface area contributed by atoms with Gasteiger partial charge >= 0.3 is 0 Å². The molecular formula is C9H15P. The summed E-state index contributed by atoms with van der Waals surface area (Å²) in [5.41, 5.74) is 1.25. The molecule has 0 N–H and O–H groups in total. The van der Waals surface area contributed by atoms with E-state index in [-0.39, 0.29) is 0 Å². The van der Waals surface area contributed by atoms with Crippen molar-refractivity contribution < 1.29 is 0 Å². The molecule has 0 aliphatic heterocycles. The summed E-state index contributed by atoms with van der Waals surface area (Å²) in [5, 5.41) is 0. The number of rotatable bonds is 4. The summed E-state index contributed by atoms with van der Waals surface area (Å²) in [4.78, 5) is 0. The van der Waals surface area contributed by atoms with Crippen LogP contribution in [0.5, 0.6) is 0 Å². The van der Waals surface area contributed by atoms with Gasteiger partial charge in [0.05, 0.1) is 0 Å². The smallest absolute Gasteiger partial charge is 0.0156 e. The Morgan fingerprint density at radius 1 is 1.60 bits per heavy atom. The Kier molecular flexibility index (Phi) is 5.25. The Morgan fingerprint density at radius 3 is 2.50 bits per heavy atom. The molecule has 0 nitrogen and oxygen atoms in total. The molecule has 56 valence electrons. The van der Waals surface area contributed by atoms with Gasteiger partial charge in [-0.3, -0.25) is 0 Å². The molecular weight excluding hydrogens is 139 g/mol. The highest BCUT2D eigenvalue weighted by atomic mass is 31.0. The van der Waals surface area contributed by atoms with Crippen molar-refractivity contribution in [1.82, 2.24) is 0 Å². The maximum Gasteiger partial charge on any atom is -0.0156 e. The van der Waals surface area contributed by atoms with E-state index in [1.54, 1.807) is 6.08 Å². The Morgan fingerprint density at radius 2 is 2.20 bits per heavy atom. The summed E-state index contributed by atoms with van der Waals surface area (Å²) in [6.45, 7) is 9.53. The number of hydrogen-bond donors (Lipinski definition) is 0. The molecule has 1 heteroatoms. The highest BCUT2D eigenvalue weighted by Gasteiger charge is 1.99. The minimum absolute atomic E-state index is 0.570. The van der Waals surface area contributed by atoms with Gasteiger partial charge in [0.1, 0.15) is 0 Å². The molecule has 0 aliphatic carbocycles. The minimum atomic E-state index is 0.570. The van der Waals surface area contributed by atoms with E-state index in [9.17, 15) is 0 Å². The van der Waals surface area contributed by atoms with E-state index in [0.717, 1.165) is 6.16 Å². The molecule has 0 saturated carbocycles. The second kappa shape index (κ2) is 5.44. The summed E-state index contributed by atoms with van der Waals surface area (Å²) < 4.78 is 0. The molecule has 0 rings (SSSR count). The predicted octanol–water partition coefficient (Wildman–Crippen LogP) is 2.80. The van der Waals surface area contributed by atoms with Crippen molar-refractivity contribution in [2.75, 3.05) is 6.16 Å². The maximum absolute atomic E-state index is 3.72. The Hall–Kier alpha value is -0.350. The molecule has 0 saturated heterocycles. The lowest BCUT2D eigenvalue weighted by molar-refractivity contribution is 0.807. The first-order valence-electron chi connectivity index (χ1n) is 3.41. The fourth-order valence-corrected chi connectivity index (χ4v) is 0.978. The van der Waals surface area contributed by atoms with Crippen molar-refractivity contribution in [3.05, 3.63) is 37.0 Å². The summed E-state index contributed by atoms with van der Waals surface area (Å²) in [7, 11) is 2.72. The van der Waals surface area contributed by atoms with Gasteiger partial charge in [0, 0.05) is 0 Å². The summed E-state index contributed by atoms with van der Waals surface area (Å²) in [5.74, 6) is 0.570. The molecule has 0 aromatic heterocycles. The van der Waals surface area contributed by atoms with E-state index in [1.165, 1.54) is 5.57 Å². The van der Waals surface area contributed by atoms with Crippen molar-refractivity contribution >= 4 is 9.24 Å². The first-order valence-corrected chi connectivity index (χ1v) is 4.23. The zero-order valence-electron chi connectivity index (χ0n) is 6.51. The maximum atomic E-state index is 3.72. The molecule has 0 heterocycles. The van der Waals surface area contributed by atoms with E-state index in [4.69, 9.17) is 0 Å². The average molecular weight is 154 g/mol. The SMILES string of the molecule is C=C/C=C(\C=C)C(C)CP. The molecule has 2 atom stereocenters. The van der Waals surface area contributed by atoms with Crippen LogP contribution in [0.15, 0.2) is 37.0 Å². The Balaban J connectivity index is 4.18. The molecule has 0 radical (unpaired) electrons. The molecule has 0 aromatic carbocycles. The van der Waals surface area contributed by atoms with E-state index in [1.807, 2.05) is 12.2 Å². The van der Waals surface area contributed by atoms with Crippen molar-refractivity contribution in [1.29, 1.82) is 0 Å². The molecule has 0 aromatic rings. The molecule has 10 heavy (non-hydrogen) atoms. The fraction of sp³-hybridized carbons (Fsp3) is 0.333. The lowest BCUT2D eigenvalue weighted by atomic mass is 10.0. The summed E-state index contributed by atoms with van der Waals surface area (Å²) >= 11 is 0. The lowest BCUT2D eigenvalue weighted by Crippen LogP contribution is -1.97. The Bertz CT molecular complexity index is 145. The van der Waals surface area contributed by atoms with Crippen molar-refractivity contribution in [3.63, 3.8) is 0 Å². The third-order valence-corrected chi connectivity index (χ3v) is 2.18. The zero-order valence-corrected chi connectivity index (χ0v) is 7.66. The monoisotopic (exact) mass is 154 g/mol. The van der Waals surface area contributed by atoms with Crippen LogP contribution in [-0.4, -0.2) is 6.16 Å². The predicted molar refractivity (Wildman–Crippen MR) is 52.2 cm³/mol. The van der Waals surface area contributed by atoms with Gasteiger partial charge in [-0.1, -0.05) is 38.3 Å². The van der Waals surface area contributed by atoms with Crippen LogP contribution in [0, 0.1) is 5.92 Å². The minimum Gasteiger partial charge on any atom is -0.137 e. The molecule has 0 amide bonds. The van der Waals surface area contributed by atoms with Crippen LogP contribution in [-0.2, 0) is 0 Å². The van der Waals surface area contributed by atoms with E-state index in [2.05, 4.69) is 29.3 Å². The molecule has 2 unspecified atom stereocenters. The molecule has 0 aliphatic rings. The van der Waals surface area contributed by atoms with Gasteiger partial charge in [-0.05, 0) is 17.7 Å². The fourth-order valence-electron chi connectivity index (χ4n) is 0.706. The van der Waals surface area contributed by atoms with Crippen LogP contribution in [0.1, 0.15) is 6.92 Å². The van der Waals surface area contributed by atoms with Crippen molar-refractivity contribution in [2.45, 2.75) is 6.92 Å². The highest BCUT2D eigenvalue weighted by Crippen LogP contribution is 2.13. The van der Waals surface area contributed by atoms with Crippen molar-refractivity contribution in [3.8, 4) is 0 Å². The van der Waals surface area contributed by atoms with Gasteiger partial charge in [0.2, 0.25) is 0 Å². The van der Waals surface area contributed by atoms with Gasteiger partial charge in [-0.2, -0.15) is 0 Å².